The first-order chi connectivity index (χ1) is 11.7. The van der Waals surface area contributed by atoms with Crippen molar-refractivity contribution in [2.24, 2.45) is 7.05 Å². The lowest BCUT2D eigenvalue weighted by Crippen LogP contribution is -2.21. The van der Waals surface area contributed by atoms with E-state index in [9.17, 15) is 4.79 Å². The van der Waals surface area contributed by atoms with Gasteiger partial charge >= 0.3 is 0 Å². The number of nitrogens with one attached hydrogen (secondary N) is 1. The van der Waals surface area contributed by atoms with Crippen LogP contribution in [0.1, 0.15) is 23.2 Å². The molecule has 1 saturated heterocycles. The second kappa shape index (κ2) is 6.04. The van der Waals surface area contributed by atoms with Crippen molar-refractivity contribution < 1.29 is 4.79 Å². The van der Waals surface area contributed by atoms with Crippen LogP contribution in [-0.4, -0.2) is 23.6 Å². The van der Waals surface area contributed by atoms with Crippen molar-refractivity contribution in [2.45, 2.75) is 12.8 Å². The third-order valence-corrected chi connectivity index (χ3v) is 4.74. The van der Waals surface area contributed by atoms with Gasteiger partial charge in [-0.3, -0.25) is 4.79 Å². The van der Waals surface area contributed by atoms with E-state index in [2.05, 4.69) is 16.3 Å². The Morgan fingerprint density at radius 2 is 1.71 bits per heavy atom. The third-order valence-electron chi connectivity index (χ3n) is 4.74. The number of fused-ring (bicyclic) bond motifs is 1. The third kappa shape index (κ3) is 2.54. The molecule has 24 heavy (non-hydrogen) atoms. The van der Waals surface area contributed by atoms with Gasteiger partial charge in [0.05, 0.1) is 16.9 Å². The first-order valence-electron chi connectivity index (χ1n) is 8.43. The van der Waals surface area contributed by atoms with E-state index in [-0.39, 0.29) is 5.91 Å². The number of amides is 1. The van der Waals surface area contributed by atoms with Crippen molar-refractivity contribution in [1.29, 1.82) is 0 Å². The fraction of sp³-hybridized carbons (Fsp3) is 0.250. The number of hydrogen-bond acceptors (Lipinski definition) is 2. The highest BCUT2D eigenvalue weighted by Crippen LogP contribution is 2.30. The zero-order valence-electron chi connectivity index (χ0n) is 13.8. The molecule has 0 atom stereocenters. The molecule has 1 N–H and O–H groups in total. The molecule has 122 valence electrons. The Labute approximate surface area is 141 Å². The molecule has 4 rings (SSSR count). The quantitative estimate of drug-likeness (QED) is 0.791. The summed E-state index contributed by atoms with van der Waals surface area (Å²) in [5.74, 6) is -0.0570. The molecule has 1 aromatic heterocycles. The van der Waals surface area contributed by atoms with E-state index in [1.54, 1.807) is 0 Å². The molecule has 1 aliphatic rings. The van der Waals surface area contributed by atoms with Gasteiger partial charge in [-0.25, -0.2) is 0 Å². The molecule has 4 nitrogen and oxygen atoms in total. The predicted octanol–water partition coefficient (Wildman–Crippen LogP) is 4.03. The molecule has 1 fully saturated rings. The van der Waals surface area contributed by atoms with Crippen molar-refractivity contribution in [3.63, 3.8) is 0 Å². The number of hydrogen-bond donors (Lipinski definition) is 1. The van der Waals surface area contributed by atoms with Crippen molar-refractivity contribution in [2.75, 3.05) is 23.3 Å². The molecule has 0 spiro atoms. The summed E-state index contributed by atoms with van der Waals surface area (Å²) < 4.78 is 2.00. The number of anilines is 2. The van der Waals surface area contributed by atoms with Crippen molar-refractivity contribution in [1.82, 2.24) is 4.57 Å². The highest BCUT2D eigenvalue weighted by molar-refractivity contribution is 6.13. The Morgan fingerprint density at radius 1 is 1.00 bits per heavy atom. The normalized spacial score (nSPS) is 14.3. The molecule has 1 amide bonds. The van der Waals surface area contributed by atoms with E-state index in [1.165, 1.54) is 12.8 Å². The SMILES string of the molecule is Cn1cc(C(=O)Nc2ccccc2N2CCCC2)c2ccccc21. The number of carbonyl (C=O) groups excluding carboxylic acids is 1. The maximum atomic E-state index is 12.9. The monoisotopic (exact) mass is 319 g/mol. The number of carbonyl (C=O) groups is 1. The fourth-order valence-electron chi connectivity index (χ4n) is 3.53. The minimum atomic E-state index is -0.0570. The molecule has 0 bridgehead atoms. The van der Waals surface area contributed by atoms with Crippen LogP contribution < -0.4 is 10.2 Å². The smallest absolute Gasteiger partial charge is 0.257 e. The van der Waals surface area contributed by atoms with Gasteiger partial charge in [-0.1, -0.05) is 30.3 Å². The van der Waals surface area contributed by atoms with Crippen LogP contribution in [0.3, 0.4) is 0 Å². The van der Waals surface area contributed by atoms with Gasteiger partial charge in [0.2, 0.25) is 0 Å². The molecule has 0 saturated carbocycles. The molecular weight excluding hydrogens is 298 g/mol. The standard InChI is InChI=1S/C20H21N3O/c1-22-14-16(15-8-2-4-10-18(15)22)20(24)21-17-9-3-5-11-19(17)23-12-6-7-13-23/h2-5,8-11,14H,6-7,12-13H2,1H3,(H,21,24). The van der Waals surface area contributed by atoms with Gasteiger partial charge in [-0.05, 0) is 31.0 Å². The van der Waals surface area contributed by atoms with Crippen LogP contribution in [0.15, 0.2) is 54.7 Å². The summed E-state index contributed by atoms with van der Waals surface area (Å²) in [6, 6.07) is 16.1. The topological polar surface area (TPSA) is 37.3 Å². The van der Waals surface area contributed by atoms with Gasteiger partial charge in [0, 0.05) is 37.2 Å². The van der Waals surface area contributed by atoms with Gasteiger partial charge in [-0.15, -0.1) is 0 Å². The lowest BCUT2D eigenvalue weighted by Gasteiger charge is -2.21. The van der Waals surface area contributed by atoms with Crippen LogP contribution in [0.2, 0.25) is 0 Å². The minimum Gasteiger partial charge on any atom is -0.370 e. The average molecular weight is 319 g/mol. The highest BCUT2D eigenvalue weighted by Gasteiger charge is 2.18. The van der Waals surface area contributed by atoms with Gasteiger partial charge in [0.15, 0.2) is 0 Å². The van der Waals surface area contributed by atoms with E-state index >= 15 is 0 Å². The molecule has 0 aliphatic carbocycles. The Kier molecular flexibility index (Phi) is 3.73. The number of nitrogens with zero attached hydrogens (tertiary/aromatic N) is 2. The average Bonchev–Trinajstić information content (AvgIpc) is 3.24. The molecule has 3 aromatic rings. The largest absolute Gasteiger partial charge is 0.370 e. The summed E-state index contributed by atoms with van der Waals surface area (Å²) >= 11 is 0. The maximum absolute atomic E-state index is 12.9. The van der Waals surface area contributed by atoms with Gasteiger partial charge in [0.25, 0.3) is 5.91 Å². The lowest BCUT2D eigenvalue weighted by molar-refractivity contribution is 0.102. The second-order valence-electron chi connectivity index (χ2n) is 6.34. The van der Waals surface area contributed by atoms with Crippen LogP contribution in [-0.2, 0) is 7.05 Å². The molecular formula is C20H21N3O. The summed E-state index contributed by atoms with van der Waals surface area (Å²) in [6.07, 6.45) is 4.33. The van der Waals surface area contributed by atoms with E-state index in [1.807, 2.05) is 60.3 Å². The van der Waals surface area contributed by atoms with E-state index < -0.39 is 0 Å². The van der Waals surface area contributed by atoms with Crippen LogP contribution >= 0.6 is 0 Å². The summed E-state index contributed by atoms with van der Waals surface area (Å²) in [5, 5.41) is 4.10. The zero-order valence-corrected chi connectivity index (χ0v) is 13.8. The van der Waals surface area contributed by atoms with E-state index in [4.69, 9.17) is 0 Å². The Morgan fingerprint density at radius 3 is 2.54 bits per heavy atom. The first kappa shape index (κ1) is 14.8. The minimum absolute atomic E-state index is 0.0570. The summed E-state index contributed by atoms with van der Waals surface area (Å²) in [5.41, 5.74) is 3.78. The number of para-hydroxylation sites is 3. The predicted molar refractivity (Wildman–Crippen MR) is 98.8 cm³/mol. The molecule has 4 heteroatoms. The lowest BCUT2D eigenvalue weighted by atomic mass is 10.1. The molecule has 2 aromatic carbocycles. The summed E-state index contributed by atoms with van der Waals surface area (Å²) in [4.78, 5) is 15.2. The highest BCUT2D eigenvalue weighted by atomic mass is 16.1. The molecule has 0 radical (unpaired) electrons. The number of aryl methyl sites for hydroxylation is 1. The molecule has 0 unspecified atom stereocenters. The Hall–Kier alpha value is -2.75. The van der Waals surface area contributed by atoms with E-state index in [0.29, 0.717) is 5.56 Å². The summed E-state index contributed by atoms with van der Waals surface area (Å²) in [7, 11) is 1.97. The molecule has 2 heterocycles. The van der Waals surface area contributed by atoms with Gasteiger partial charge in [0.1, 0.15) is 0 Å². The van der Waals surface area contributed by atoms with Crippen LogP contribution in [0, 0.1) is 0 Å². The molecule has 1 aliphatic heterocycles. The summed E-state index contributed by atoms with van der Waals surface area (Å²) in [6.45, 7) is 2.11. The first-order valence-corrected chi connectivity index (χ1v) is 8.43. The van der Waals surface area contributed by atoms with Gasteiger partial charge in [-0.2, -0.15) is 0 Å². The van der Waals surface area contributed by atoms with Crippen LogP contribution in [0.4, 0.5) is 11.4 Å². The van der Waals surface area contributed by atoms with Crippen LogP contribution in [0.25, 0.3) is 10.9 Å². The Bertz CT molecular complexity index is 891. The number of aromatic nitrogens is 1. The number of rotatable bonds is 3. The van der Waals surface area contributed by atoms with Crippen LogP contribution in [0.5, 0.6) is 0 Å². The maximum Gasteiger partial charge on any atom is 0.257 e. The van der Waals surface area contributed by atoms with Crippen molar-refractivity contribution in [3.8, 4) is 0 Å². The van der Waals surface area contributed by atoms with E-state index in [0.717, 1.165) is 35.4 Å². The Balaban J connectivity index is 1.67. The second-order valence-corrected chi connectivity index (χ2v) is 6.34. The van der Waals surface area contributed by atoms with Crippen molar-refractivity contribution in [3.05, 3.63) is 60.3 Å². The fourth-order valence-corrected chi connectivity index (χ4v) is 3.53. The zero-order chi connectivity index (χ0) is 16.5. The van der Waals surface area contributed by atoms with Gasteiger partial charge < -0.3 is 14.8 Å². The van der Waals surface area contributed by atoms with Crippen molar-refractivity contribution >= 4 is 28.2 Å². The number of benzene rings is 2.